The van der Waals surface area contributed by atoms with Gasteiger partial charge in [-0.15, -0.1) is 11.6 Å². The van der Waals surface area contributed by atoms with Crippen molar-refractivity contribution in [2.45, 2.75) is 26.7 Å². The molecule has 0 aliphatic heterocycles. The van der Waals surface area contributed by atoms with Gasteiger partial charge in [-0.05, 0) is 18.8 Å². The van der Waals surface area contributed by atoms with Crippen LogP contribution in [0.2, 0.25) is 0 Å². The Kier molecular flexibility index (Phi) is 6.18. The molecule has 0 radical (unpaired) electrons. The van der Waals surface area contributed by atoms with Crippen molar-refractivity contribution >= 4 is 11.6 Å². The molecule has 0 N–H and O–H groups in total. The van der Waals surface area contributed by atoms with Gasteiger partial charge in [0, 0.05) is 5.88 Å². The van der Waals surface area contributed by atoms with Gasteiger partial charge in [0.15, 0.2) is 0 Å². The molecule has 0 atom stereocenters. The zero-order valence-electron chi connectivity index (χ0n) is 6.23. The van der Waals surface area contributed by atoms with Gasteiger partial charge in [0.25, 0.3) is 0 Å². The van der Waals surface area contributed by atoms with E-state index in [0.29, 0.717) is 0 Å². The molecule has 0 aromatic heterocycles. The highest BCUT2D eigenvalue weighted by Gasteiger charge is 1.85. The molecular formula is C8H15Cl. The smallest absolute Gasteiger partial charge is 0.0257 e. The van der Waals surface area contributed by atoms with Crippen LogP contribution in [0.15, 0.2) is 12.2 Å². The molecule has 0 aliphatic carbocycles. The predicted molar refractivity (Wildman–Crippen MR) is 43.9 cm³/mol. The first-order valence-corrected chi connectivity index (χ1v) is 4.01. The molecular weight excluding hydrogens is 132 g/mol. The molecule has 0 fully saturated rings. The maximum Gasteiger partial charge on any atom is 0.0257 e. The Labute approximate surface area is 62.9 Å². The van der Waals surface area contributed by atoms with Gasteiger partial charge in [-0.1, -0.05) is 26.0 Å². The van der Waals surface area contributed by atoms with E-state index in [1.807, 2.05) is 0 Å². The van der Waals surface area contributed by atoms with Crippen LogP contribution >= 0.6 is 11.6 Å². The highest BCUT2D eigenvalue weighted by atomic mass is 35.5. The van der Waals surface area contributed by atoms with Crippen LogP contribution in [-0.4, -0.2) is 5.88 Å². The average Bonchev–Trinajstić information content (AvgIpc) is 1.80. The lowest BCUT2D eigenvalue weighted by atomic mass is 10.1. The van der Waals surface area contributed by atoms with Crippen LogP contribution in [-0.2, 0) is 0 Å². The minimum Gasteiger partial charge on any atom is -0.126 e. The molecule has 0 aromatic carbocycles. The van der Waals surface area contributed by atoms with E-state index in [1.165, 1.54) is 6.42 Å². The van der Waals surface area contributed by atoms with Gasteiger partial charge in [0.05, 0.1) is 0 Å². The van der Waals surface area contributed by atoms with Crippen molar-refractivity contribution in [3.8, 4) is 0 Å². The Bertz CT molecular complexity index is 74.6. The molecule has 0 aromatic rings. The highest BCUT2D eigenvalue weighted by Crippen LogP contribution is 2.00. The Balaban J connectivity index is 3.04. The van der Waals surface area contributed by atoms with E-state index in [0.717, 1.165) is 18.2 Å². The number of hydrogen-bond acceptors (Lipinski definition) is 0. The monoisotopic (exact) mass is 146 g/mol. The summed E-state index contributed by atoms with van der Waals surface area (Å²) in [5, 5.41) is 0. The van der Waals surface area contributed by atoms with E-state index < -0.39 is 0 Å². The fourth-order valence-corrected chi connectivity index (χ4v) is 0.675. The molecule has 0 unspecified atom stereocenters. The number of alkyl halides is 1. The topological polar surface area (TPSA) is 0 Å². The molecule has 0 nitrogen and oxygen atoms in total. The molecule has 0 amide bonds. The van der Waals surface area contributed by atoms with Gasteiger partial charge < -0.3 is 0 Å². The van der Waals surface area contributed by atoms with Crippen molar-refractivity contribution in [1.82, 2.24) is 0 Å². The van der Waals surface area contributed by atoms with Gasteiger partial charge in [0.2, 0.25) is 0 Å². The first-order valence-electron chi connectivity index (χ1n) is 3.48. The number of allylic oxidation sites excluding steroid dienone is 2. The van der Waals surface area contributed by atoms with Crippen LogP contribution in [0, 0.1) is 5.92 Å². The number of rotatable bonds is 4. The van der Waals surface area contributed by atoms with Crippen LogP contribution in [0.3, 0.4) is 0 Å². The van der Waals surface area contributed by atoms with Crippen LogP contribution in [0.25, 0.3) is 0 Å². The molecule has 0 aliphatic rings. The Morgan fingerprint density at radius 1 is 1.33 bits per heavy atom. The van der Waals surface area contributed by atoms with Crippen LogP contribution in [0.1, 0.15) is 26.7 Å². The van der Waals surface area contributed by atoms with Crippen LogP contribution in [0.4, 0.5) is 0 Å². The molecule has 54 valence electrons. The molecule has 9 heavy (non-hydrogen) atoms. The molecule has 0 bridgehead atoms. The van der Waals surface area contributed by atoms with Crippen molar-refractivity contribution in [1.29, 1.82) is 0 Å². The van der Waals surface area contributed by atoms with E-state index >= 15 is 0 Å². The van der Waals surface area contributed by atoms with Crippen molar-refractivity contribution < 1.29 is 0 Å². The maximum atomic E-state index is 5.47. The van der Waals surface area contributed by atoms with Gasteiger partial charge in [-0.25, -0.2) is 0 Å². The van der Waals surface area contributed by atoms with Crippen molar-refractivity contribution in [3.63, 3.8) is 0 Å². The molecule has 0 saturated carbocycles. The van der Waals surface area contributed by atoms with Crippen molar-refractivity contribution in [2.75, 3.05) is 5.88 Å². The second kappa shape index (κ2) is 6.15. The summed E-state index contributed by atoms with van der Waals surface area (Å²) in [7, 11) is 0. The molecule has 0 heterocycles. The Morgan fingerprint density at radius 2 is 2.00 bits per heavy atom. The van der Waals surface area contributed by atoms with Gasteiger partial charge in [-0.2, -0.15) is 0 Å². The first-order chi connectivity index (χ1) is 4.27. The lowest BCUT2D eigenvalue weighted by Gasteiger charge is -1.95. The van der Waals surface area contributed by atoms with Crippen LogP contribution in [0.5, 0.6) is 0 Å². The zero-order chi connectivity index (χ0) is 7.11. The number of hydrogen-bond donors (Lipinski definition) is 0. The average molecular weight is 147 g/mol. The lowest BCUT2D eigenvalue weighted by molar-refractivity contribution is 0.662. The van der Waals surface area contributed by atoms with Gasteiger partial charge in [-0.3, -0.25) is 0 Å². The minimum absolute atomic E-state index is 0.745. The standard InChI is InChI=1S/C8H15Cl/c1-8(2)6-4-3-5-7-9/h3-4,8H,5-7H2,1-2H3. The molecule has 0 rings (SSSR count). The third-order valence-electron chi connectivity index (χ3n) is 1.05. The van der Waals surface area contributed by atoms with Crippen molar-refractivity contribution in [2.24, 2.45) is 5.92 Å². The summed E-state index contributed by atoms with van der Waals surface area (Å²) in [6, 6.07) is 0. The second-order valence-corrected chi connectivity index (χ2v) is 2.96. The van der Waals surface area contributed by atoms with Gasteiger partial charge >= 0.3 is 0 Å². The minimum atomic E-state index is 0.745. The summed E-state index contributed by atoms with van der Waals surface area (Å²) in [6.45, 7) is 4.43. The molecule has 1 heteroatoms. The SMILES string of the molecule is CC(C)CC=CCCCl. The normalized spacial score (nSPS) is 11.6. The third kappa shape index (κ3) is 8.03. The van der Waals surface area contributed by atoms with E-state index in [4.69, 9.17) is 11.6 Å². The van der Waals surface area contributed by atoms with Crippen LogP contribution < -0.4 is 0 Å². The highest BCUT2D eigenvalue weighted by molar-refractivity contribution is 6.17. The van der Waals surface area contributed by atoms with Crippen molar-refractivity contribution in [3.05, 3.63) is 12.2 Å². The Morgan fingerprint density at radius 3 is 2.44 bits per heavy atom. The molecule has 0 saturated heterocycles. The van der Waals surface area contributed by atoms with E-state index in [2.05, 4.69) is 26.0 Å². The maximum absolute atomic E-state index is 5.47. The fraction of sp³-hybridized carbons (Fsp3) is 0.750. The summed E-state index contributed by atoms with van der Waals surface area (Å²) in [6.07, 6.45) is 6.53. The summed E-state index contributed by atoms with van der Waals surface area (Å²) < 4.78 is 0. The van der Waals surface area contributed by atoms with Gasteiger partial charge in [0.1, 0.15) is 0 Å². The van der Waals surface area contributed by atoms with E-state index in [1.54, 1.807) is 0 Å². The second-order valence-electron chi connectivity index (χ2n) is 2.58. The lowest BCUT2D eigenvalue weighted by Crippen LogP contribution is -1.81. The predicted octanol–water partition coefficient (Wildman–Crippen LogP) is 3.22. The first kappa shape index (κ1) is 9.03. The quantitative estimate of drug-likeness (QED) is 0.422. The fourth-order valence-electron chi connectivity index (χ4n) is 0.549. The Hall–Kier alpha value is 0.0300. The zero-order valence-corrected chi connectivity index (χ0v) is 6.99. The molecule has 0 spiro atoms. The van der Waals surface area contributed by atoms with E-state index in [-0.39, 0.29) is 0 Å². The summed E-state index contributed by atoms with van der Waals surface area (Å²) in [5.41, 5.74) is 0. The summed E-state index contributed by atoms with van der Waals surface area (Å²) in [4.78, 5) is 0. The van der Waals surface area contributed by atoms with E-state index in [9.17, 15) is 0 Å². The largest absolute Gasteiger partial charge is 0.126 e. The third-order valence-corrected chi connectivity index (χ3v) is 1.27. The summed E-state index contributed by atoms with van der Waals surface area (Å²) in [5.74, 6) is 1.52. The number of halogens is 1. The summed E-state index contributed by atoms with van der Waals surface area (Å²) >= 11 is 5.47.